The quantitative estimate of drug-likeness (QED) is 0.610. The van der Waals surface area contributed by atoms with Gasteiger partial charge in [0.1, 0.15) is 0 Å². The van der Waals surface area contributed by atoms with E-state index >= 15 is 0 Å². The van der Waals surface area contributed by atoms with Gasteiger partial charge in [0.15, 0.2) is 11.6 Å². The third kappa shape index (κ3) is 2.36. The maximum atomic E-state index is 9.78. The Morgan fingerprint density at radius 2 is 2.18 bits per heavy atom. The van der Waals surface area contributed by atoms with Crippen molar-refractivity contribution < 1.29 is 9.63 Å². The van der Waals surface area contributed by atoms with Crippen LogP contribution in [0.25, 0.3) is 11.5 Å². The van der Waals surface area contributed by atoms with Crippen molar-refractivity contribution in [1.29, 1.82) is 0 Å². The van der Waals surface area contributed by atoms with E-state index in [9.17, 15) is 5.11 Å². The molecule has 3 N–H and O–H groups in total. The predicted octanol–water partition coefficient (Wildman–Crippen LogP) is 1.09. The third-order valence-corrected chi connectivity index (χ3v) is 2.22. The largest absolute Gasteiger partial charge is 0.505 e. The van der Waals surface area contributed by atoms with E-state index < -0.39 is 0 Å². The maximum absolute atomic E-state index is 9.78. The first-order valence-electron chi connectivity index (χ1n) is 5.13. The molecule has 0 unspecified atom stereocenters. The van der Waals surface area contributed by atoms with Crippen molar-refractivity contribution in [2.24, 2.45) is 0 Å². The van der Waals surface area contributed by atoms with Crippen molar-refractivity contribution in [2.45, 2.75) is 6.54 Å². The van der Waals surface area contributed by atoms with Gasteiger partial charge in [-0.15, -0.1) is 0 Å². The number of hydrogen-bond acceptors (Lipinski definition) is 6. The second-order valence-electron chi connectivity index (χ2n) is 4.00. The molecule has 0 atom stereocenters. The zero-order valence-electron chi connectivity index (χ0n) is 9.71. The second-order valence-corrected chi connectivity index (χ2v) is 4.00. The summed E-state index contributed by atoms with van der Waals surface area (Å²) >= 11 is 0. The predicted molar refractivity (Wildman–Crippen MR) is 63.2 cm³/mol. The standard InChI is InChI=1S/C11H14N4O2/c1-15(2)6-9-13-11(17-14-9)7-4-3-5-8(12)10(7)16/h3-5,16H,6,12H2,1-2H3. The van der Waals surface area contributed by atoms with E-state index in [1.807, 2.05) is 19.0 Å². The first kappa shape index (κ1) is 11.4. The van der Waals surface area contributed by atoms with Gasteiger partial charge in [0, 0.05) is 0 Å². The average Bonchev–Trinajstić information content (AvgIpc) is 2.69. The molecule has 0 bridgehead atoms. The number of rotatable bonds is 3. The zero-order chi connectivity index (χ0) is 12.4. The number of aromatic hydroxyl groups is 1. The molecule has 6 nitrogen and oxygen atoms in total. The highest BCUT2D eigenvalue weighted by molar-refractivity contribution is 5.71. The summed E-state index contributed by atoms with van der Waals surface area (Å²) in [5, 5.41) is 13.6. The molecule has 0 spiro atoms. The number of nitrogens with two attached hydrogens (primary N) is 1. The van der Waals surface area contributed by atoms with Crippen molar-refractivity contribution in [3.63, 3.8) is 0 Å². The fraction of sp³-hybridized carbons (Fsp3) is 0.273. The molecule has 0 aliphatic carbocycles. The fourth-order valence-electron chi connectivity index (χ4n) is 1.44. The van der Waals surface area contributed by atoms with Gasteiger partial charge in [0.2, 0.25) is 0 Å². The van der Waals surface area contributed by atoms with Crippen LogP contribution in [0.3, 0.4) is 0 Å². The first-order chi connectivity index (χ1) is 8.08. The van der Waals surface area contributed by atoms with Crippen LogP contribution in [0.15, 0.2) is 22.7 Å². The summed E-state index contributed by atoms with van der Waals surface area (Å²) < 4.78 is 5.08. The highest BCUT2D eigenvalue weighted by atomic mass is 16.5. The molecule has 0 aliphatic heterocycles. The number of phenols is 1. The molecule has 0 fully saturated rings. The van der Waals surface area contributed by atoms with Crippen molar-refractivity contribution in [3.05, 3.63) is 24.0 Å². The molecular weight excluding hydrogens is 220 g/mol. The Kier molecular flexibility index (Phi) is 2.97. The van der Waals surface area contributed by atoms with Crippen LogP contribution in [0.1, 0.15) is 5.82 Å². The molecule has 6 heteroatoms. The Balaban J connectivity index is 2.34. The number of aromatic nitrogens is 2. The lowest BCUT2D eigenvalue weighted by molar-refractivity contribution is 0.365. The third-order valence-electron chi connectivity index (χ3n) is 2.22. The number of nitrogen functional groups attached to an aromatic ring is 1. The Bertz CT molecular complexity index is 522. The molecule has 17 heavy (non-hydrogen) atoms. The van der Waals surface area contributed by atoms with E-state index in [4.69, 9.17) is 10.3 Å². The normalized spacial score (nSPS) is 11.0. The SMILES string of the molecule is CN(C)Cc1noc(-c2cccc(N)c2O)n1. The Hall–Kier alpha value is -2.08. The van der Waals surface area contributed by atoms with Crippen LogP contribution in [-0.4, -0.2) is 34.2 Å². The molecule has 1 aromatic carbocycles. The molecule has 0 radical (unpaired) electrons. The number of hydrogen-bond donors (Lipinski definition) is 2. The average molecular weight is 234 g/mol. The van der Waals surface area contributed by atoms with Gasteiger partial charge in [-0.05, 0) is 26.2 Å². The summed E-state index contributed by atoms with van der Waals surface area (Å²) in [7, 11) is 3.82. The van der Waals surface area contributed by atoms with E-state index in [0.717, 1.165) is 0 Å². The zero-order valence-corrected chi connectivity index (χ0v) is 9.71. The molecular formula is C11H14N4O2. The van der Waals surface area contributed by atoms with Crippen LogP contribution in [0.2, 0.25) is 0 Å². The Labute approximate surface area is 98.7 Å². The molecule has 0 saturated heterocycles. The molecule has 2 rings (SSSR count). The molecule has 0 amide bonds. The summed E-state index contributed by atoms with van der Waals surface area (Å²) in [4.78, 5) is 6.11. The summed E-state index contributed by atoms with van der Waals surface area (Å²) in [6.45, 7) is 0.576. The molecule has 90 valence electrons. The van der Waals surface area contributed by atoms with Crippen LogP contribution >= 0.6 is 0 Å². The fourth-order valence-corrected chi connectivity index (χ4v) is 1.44. The summed E-state index contributed by atoms with van der Waals surface area (Å²) in [5.74, 6) is 0.797. The lowest BCUT2D eigenvalue weighted by Gasteiger charge is -2.03. The van der Waals surface area contributed by atoms with E-state index in [1.165, 1.54) is 0 Å². The van der Waals surface area contributed by atoms with Crippen molar-refractivity contribution >= 4 is 5.69 Å². The smallest absolute Gasteiger partial charge is 0.261 e. The first-order valence-corrected chi connectivity index (χ1v) is 5.13. The van der Waals surface area contributed by atoms with Gasteiger partial charge in [0.25, 0.3) is 5.89 Å². The minimum absolute atomic E-state index is 0.0347. The Morgan fingerprint density at radius 3 is 2.88 bits per heavy atom. The van der Waals surface area contributed by atoms with Crippen LogP contribution in [0, 0.1) is 0 Å². The van der Waals surface area contributed by atoms with Gasteiger partial charge in [-0.1, -0.05) is 11.2 Å². The number of phenolic OH excluding ortho intramolecular Hbond substituents is 1. The maximum Gasteiger partial charge on any atom is 0.261 e. The number of anilines is 1. The van der Waals surface area contributed by atoms with Crippen LogP contribution in [0.5, 0.6) is 5.75 Å². The molecule has 0 saturated carbocycles. The van der Waals surface area contributed by atoms with Gasteiger partial charge < -0.3 is 20.3 Å². The van der Waals surface area contributed by atoms with E-state index in [-0.39, 0.29) is 17.3 Å². The van der Waals surface area contributed by atoms with Gasteiger partial charge in [0.05, 0.1) is 17.8 Å². The number of benzene rings is 1. The Morgan fingerprint density at radius 1 is 1.41 bits per heavy atom. The number of nitrogens with zero attached hydrogens (tertiary/aromatic N) is 3. The monoisotopic (exact) mass is 234 g/mol. The van der Waals surface area contributed by atoms with Gasteiger partial charge in [-0.2, -0.15) is 4.98 Å². The topological polar surface area (TPSA) is 88.4 Å². The lowest BCUT2D eigenvalue weighted by atomic mass is 10.2. The molecule has 2 aromatic rings. The van der Waals surface area contributed by atoms with Gasteiger partial charge >= 0.3 is 0 Å². The number of para-hydroxylation sites is 1. The molecule has 0 aliphatic rings. The summed E-state index contributed by atoms with van der Waals surface area (Å²) in [6, 6.07) is 5.01. The second kappa shape index (κ2) is 4.42. The van der Waals surface area contributed by atoms with Crippen molar-refractivity contribution in [1.82, 2.24) is 15.0 Å². The highest BCUT2D eigenvalue weighted by Gasteiger charge is 2.14. The van der Waals surface area contributed by atoms with Crippen molar-refractivity contribution in [3.8, 4) is 17.2 Å². The van der Waals surface area contributed by atoms with Crippen molar-refractivity contribution in [2.75, 3.05) is 19.8 Å². The van der Waals surface area contributed by atoms with E-state index in [2.05, 4.69) is 10.1 Å². The highest BCUT2D eigenvalue weighted by Crippen LogP contribution is 2.32. The minimum atomic E-state index is -0.0347. The lowest BCUT2D eigenvalue weighted by Crippen LogP contribution is -2.11. The summed E-state index contributed by atoms with van der Waals surface area (Å²) in [5.41, 5.74) is 6.33. The van der Waals surface area contributed by atoms with E-state index in [1.54, 1.807) is 18.2 Å². The minimum Gasteiger partial charge on any atom is -0.505 e. The van der Waals surface area contributed by atoms with Crippen LogP contribution < -0.4 is 5.73 Å². The molecule has 1 aromatic heterocycles. The van der Waals surface area contributed by atoms with Gasteiger partial charge in [-0.25, -0.2) is 0 Å². The van der Waals surface area contributed by atoms with Crippen LogP contribution in [0.4, 0.5) is 5.69 Å². The van der Waals surface area contributed by atoms with Crippen LogP contribution in [-0.2, 0) is 6.54 Å². The van der Waals surface area contributed by atoms with E-state index in [0.29, 0.717) is 17.9 Å². The summed E-state index contributed by atoms with van der Waals surface area (Å²) in [6.07, 6.45) is 0. The molecule has 1 heterocycles. The van der Waals surface area contributed by atoms with Gasteiger partial charge in [-0.3, -0.25) is 0 Å².